The summed E-state index contributed by atoms with van der Waals surface area (Å²) < 4.78 is 1.12. The Kier molecular flexibility index (Phi) is 3.76. The molecule has 0 amide bonds. The van der Waals surface area contributed by atoms with Crippen LogP contribution in [-0.2, 0) is 11.2 Å². The molecule has 0 aliphatic heterocycles. The number of hydrogen-bond donors (Lipinski definition) is 0. The monoisotopic (exact) mass is 281 g/mol. The SMILES string of the molecule is O=C(Cc1ccc(Cl)cc1[N+](=O)[O-])On1ccnc1. The van der Waals surface area contributed by atoms with Crippen molar-refractivity contribution in [3.05, 3.63) is 57.6 Å². The minimum absolute atomic E-state index is 0.213. The Morgan fingerprint density at radius 1 is 1.53 bits per heavy atom. The van der Waals surface area contributed by atoms with Crippen LogP contribution in [0.25, 0.3) is 0 Å². The summed E-state index contributed by atoms with van der Waals surface area (Å²) in [5.41, 5.74) is 0.0228. The number of imidazole rings is 1. The highest BCUT2D eigenvalue weighted by atomic mass is 35.5. The van der Waals surface area contributed by atoms with Crippen LogP contribution >= 0.6 is 11.6 Å². The highest BCUT2D eigenvalue weighted by Gasteiger charge is 2.18. The maximum Gasteiger partial charge on any atom is 0.337 e. The average molecular weight is 282 g/mol. The number of nitrogens with zero attached hydrogens (tertiary/aromatic N) is 3. The van der Waals surface area contributed by atoms with Crippen LogP contribution in [0.5, 0.6) is 0 Å². The summed E-state index contributed by atoms with van der Waals surface area (Å²) in [6.45, 7) is 0. The van der Waals surface area contributed by atoms with Crippen LogP contribution in [0.3, 0.4) is 0 Å². The average Bonchev–Trinajstić information content (AvgIpc) is 2.83. The van der Waals surface area contributed by atoms with Gasteiger partial charge in [0, 0.05) is 22.8 Å². The predicted molar refractivity (Wildman–Crippen MR) is 65.6 cm³/mol. The molecule has 0 radical (unpaired) electrons. The second-order valence-corrected chi connectivity index (χ2v) is 4.03. The quantitative estimate of drug-likeness (QED) is 0.628. The van der Waals surface area contributed by atoms with E-state index in [0.717, 1.165) is 4.73 Å². The number of benzene rings is 1. The molecule has 7 nitrogen and oxygen atoms in total. The third-order valence-electron chi connectivity index (χ3n) is 2.27. The second kappa shape index (κ2) is 5.49. The lowest BCUT2D eigenvalue weighted by molar-refractivity contribution is -0.385. The summed E-state index contributed by atoms with van der Waals surface area (Å²) in [6.07, 6.45) is 3.95. The van der Waals surface area contributed by atoms with Crippen molar-refractivity contribution in [2.75, 3.05) is 0 Å². The van der Waals surface area contributed by atoms with E-state index in [4.69, 9.17) is 16.4 Å². The van der Waals surface area contributed by atoms with Gasteiger partial charge in [-0.2, -0.15) is 4.73 Å². The van der Waals surface area contributed by atoms with Crippen molar-refractivity contribution < 1.29 is 14.6 Å². The molecule has 0 bridgehead atoms. The summed E-state index contributed by atoms with van der Waals surface area (Å²) in [5, 5.41) is 11.1. The summed E-state index contributed by atoms with van der Waals surface area (Å²) in [4.78, 5) is 30.5. The van der Waals surface area contributed by atoms with Gasteiger partial charge in [-0.25, -0.2) is 9.78 Å². The first kappa shape index (κ1) is 13.0. The maximum absolute atomic E-state index is 11.6. The molecule has 1 aromatic carbocycles. The number of halogens is 1. The van der Waals surface area contributed by atoms with Gasteiger partial charge in [0.2, 0.25) is 0 Å². The third-order valence-corrected chi connectivity index (χ3v) is 2.50. The molecular weight excluding hydrogens is 274 g/mol. The van der Waals surface area contributed by atoms with Crippen LogP contribution < -0.4 is 4.84 Å². The topological polar surface area (TPSA) is 87.3 Å². The van der Waals surface area contributed by atoms with E-state index in [9.17, 15) is 14.9 Å². The largest absolute Gasteiger partial charge is 0.337 e. The van der Waals surface area contributed by atoms with E-state index in [1.54, 1.807) is 0 Å². The highest BCUT2D eigenvalue weighted by Crippen LogP contribution is 2.23. The zero-order chi connectivity index (χ0) is 13.8. The molecule has 0 unspecified atom stereocenters. The van der Waals surface area contributed by atoms with Gasteiger partial charge < -0.3 is 4.84 Å². The fraction of sp³-hybridized carbons (Fsp3) is 0.0909. The van der Waals surface area contributed by atoms with Crippen LogP contribution in [0.1, 0.15) is 5.56 Å². The van der Waals surface area contributed by atoms with Crippen molar-refractivity contribution in [2.24, 2.45) is 0 Å². The Labute approximate surface area is 112 Å². The second-order valence-electron chi connectivity index (χ2n) is 3.59. The number of nitro benzene ring substituents is 1. The Bertz CT molecular complexity index is 612. The molecule has 0 saturated carbocycles. The van der Waals surface area contributed by atoms with E-state index in [1.165, 1.54) is 36.9 Å². The number of aromatic nitrogens is 2. The van der Waals surface area contributed by atoms with Crippen LogP contribution in [-0.4, -0.2) is 20.6 Å². The molecule has 98 valence electrons. The predicted octanol–water partition coefficient (Wildman–Crippen LogP) is 1.64. The standard InChI is InChI=1S/C11H8ClN3O4/c12-9-2-1-8(10(6-9)15(17)18)5-11(16)19-14-4-3-13-7-14/h1-4,6-7H,5H2. The van der Waals surface area contributed by atoms with Gasteiger partial charge in [-0.15, -0.1) is 0 Å². The fourth-order valence-corrected chi connectivity index (χ4v) is 1.63. The number of rotatable bonds is 4. The molecule has 19 heavy (non-hydrogen) atoms. The molecule has 0 aliphatic carbocycles. The lowest BCUT2D eigenvalue weighted by Crippen LogP contribution is -2.20. The van der Waals surface area contributed by atoms with Gasteiger partial charge in [-0.05, 0) is 6.07 Å². The van der Waals surface area contributed by atoms with Gasteiger partial charge in [0.05, 0.1) is 17.5 Å². The highest BCUT2D eigenvalue weighted by molar-refractivity contribution is 6.30. The van der Waals surface area contributed by atoms with Crippen LogP contribution in [0, 0.1) is 10.1 Å². The summed E-state index contributed by atoms with van der Waals surface area (Å²) in [5.74, 6) is -0.636. The van der Waals surface area contributed by atoms with Gasteiger partial charge in [0.1, 0.15) is 6.33 Å². The lowest BCUT2D eigenvalue weighted by Gasteiger charge is -2.04. The van der Waals surface area contributed by atoms with E-state index in [-0.39, 0.29) is 22.7 Å². The molecule has 1 heterocycles. The molecule has 1 aromatic heterocycles. The molecule has 0 spiro atoms. The normalized spacial score (nSPS) is 10.2. The molecule has 0 fully saturated rings. The molecule has 0 N–H and O–H groups in total. The van der Waals surface area contributed by atoms with Crippen molar-refractivity contribution >= 4 is 23.3 Å². The first-order valence-electron chi connectivity index (χ1n) is 5.18. The number of carbonyl (C=O) groups is 1. The Balaban J connectivity index is 2.14. The molecule has 8 heteroatoms. The van der Waals surface area contributed by atoms with Gasteiger partial charge in [0.25, 0.3) is 5.69 Å². The zero-order valence-corrected chi connectivity index (χ0v) is 10.3. The number of nitro groups is 1. The molecule has 2 rings (SSSR count). The van der Waals surface area contributed by atoms with Gasteiger partial charge in [0.15, 0.2) is 0 Å². The van der Waals surface area contributed by atoms with E-state index < -0.39 is 10.9 Å². The summed E-state index contributed by atoms with van der Waals surface area (Å²) in [6, 6.07) is 4.10. The summed E-state index contributed by atoms with van der Waals surface area (Å²) in [7, 11) is 0. The van der Waals surface area contributed by atoms with Crippen molar-refractivity contribution in [3.63, 3.8) is 0 Å². The number of carbonyl (C=O) groups excluding carboxylic acids is 1. The van der Waals surface area contributed by atoms with Crippen LogP contribution in [0.4, 0.5) is 5.69 Å². The fourth-order valence-electron chi connectivity index (χ4n) is 1.46. The van der Waals surface area contributed by atoms with Crippen LogP contribution in [0.2, 0.25) is 5.02 Å². The first-order chi connectivity index (χ1) is 9.06. The van der Waals surface area contributed by atoms with E-state index in [1.807, 2.05) is 0 Å². The smallest absolute Gasteiger partial charge is 0.335 e. The van der Waals surface area contributed by atoms with Crippen molar-refractivity contribution in [2.45, 2.75) is 6.42 Å². The minimum atomic E-state index is -0.636. The summed E-state index contributed by atoms with van der Waals surface area (Å²) >= 11 is 5.68. The van der Waals surface area contributed by atoms with E-state index in [0.29, 0.717) is 0 Å². The first-order valence-corrected chi connectivity index (χ1v) is 5.56. The van der Waals surface area contributed by atoms with E-state index in [2.05, 4.69) is 4.98 Å². The van der Waals surface area contributed by atoms with E-state index >= 15 is 0 Å². The van der Waals surface area contributed by atoms with Crippen molar-refractivity contribution in [1.29, 1.82) is 0 Å². The third kappa shape index (κ3) is 3.29. The van der Waals surface area contributed by atoms with Crippen molar-refractivity contribution in [3.8, 4) is 0 Å². The number of hydrogen-bond acceptors (Lipinski definition) is 5. The maximum atomic E-state index is 11.6. The Morgan fingerprint density at radius 2 is 2.32 bits per heavy atom. The molecule has 0 aliphatic rings. The molecule has 0 atom stereocenters. The minimum Gasteiger partial charge on any atom is -0.335 e. The Morgan fingerprint density at radius 3 is 2.95 bits per heavy atom. The lowest BCUT2D eigenvalue weighted by atomic mass is 10.1. The molecular formula is C11H8ClN3O4. The van der Waals surface area contributed by atoms with Gasteiger partial charge in [-0.1, -0.05) is 17.7 Å². The zero-order valence-electron chi connectivity index (χ0n) is 9.52. The van der Waals surface area contributed by atoms with Crippen LogP contribution in [0.15, 0.2) is 36.9 Å². The van der Waals surface area contributed by atoms with Gasteiger partial charge in [-0.3, -0.25) is 10.1 Å². The van der Waals surface area contributed by atoms with Crippen molar-refractivity contribution in [1.82, 2.24) is 9.71 Å². The molecule has 0 saturated heterocycles. The van der Waals surface area contributed by atoms with Gasteiger partial charge >= 0.3 is 5.97 Å². The molecule has 2 aromatic rings. The Hall–Kier alpha value is -2.41.